The van der Waals surface area contributed by atoms with Gasteiger partial charge in [0, 0.05) is 12.6 Å². The molecule has 0 aliphatic heterocycles. The van der Waals surface area contributed by atoms with E-state index in [1.165, 1.54) is 12.1 Å². The quantitative estimate of drug-likeness (QED) is 0.841. The van der Waals surface area contributed by atoms with Crippen LogP contribution < -0.4 is 10.5 Å². The molecular formula is C13H21FN2O2S. The van der Waals surface area contributed by atoms with Crippen LogP contribution in [0.1, 0.15) is 32.8 Å². The van der Waals surface area contributed by atoms with Gasteiger partial charge in [-0.15, -0.1) is 0 Å². The van der Waals surface area contributed by atoms with Gasteiger partial charge in [-0.05, 0) is 37.0 Å². The van der Waals surface area contributed by atoms with E-state index in [1.54, 1.807) is 6.92 Å². The lowest BCUT2D eigenvalue weighted by Crippen LogP contribution is -2.34. The molecule has 0 saturated carbocycles. The van der Waals surface area contributed by atoms with Crippen LogP contribution in [0.4, 0.5) is 4.39 Å². The van der Waals surface area contributed by atoms with Crippen molar-refractivity contribution in [2.45, 2.75) is 44.7 Å². The molecular weight excluding hydrogens is 267 g/mol. The minimum absolute atomic E-state index is 0.175. The van der Waals surface area contributed by atoms with Crippen molar-refractivity contribution >= 4 is 10.0 Å². The maximum Gasteiger partial charge on any atom is 0.243 e. The normalized spacial score (nSPS) is 13.8. The molecule has 0 spiro atoms. The summed E-state index contributed by atoms with van der Waals surface area (Å²) in [5, 5.41) is 0. The van der Waals surface area contributed by atoms with Crippen molar-refractivity contribution in [1.29, 1.82) is 0 Å². The third kappa shape index (κ3) is 4.56. The Bertz CT molecular complexity index is 529. The molecule has 1 rings (SSSR count). The second-order valence-electron chi connectivity index (χ2n) is 5.12. The third-order valence-electron chi connectivity index (χ3n) is 2.70. The predicted octanol–water partition coefficient (Wildman–Crippen LogP) is 2.00. The number of nitrogens with two attached hydrogens (primary N) is 1. The van der Waals surface area contributed by atoms with Crippen molar-refractivity contribution < 1.29 is 12.8 Å². The zero-order valence-corrected chi connectivity index (χ0v) is 12.3. The Balaban J connectivity index is 2.94. The van der Waals surface area contributed by atoms with E-state index in [1.807, 2.05) is 13.8 Å². The van der Waals surface area contributed by atoms with E-state index in [4.69, 9.17) is 5.73 Å². The number of hydrogen-bond acceptors (Lipinski definition) is 3. The lowest BCUT2D eigenvalue weighted by molar-refractivity contribution is 0.480. The highest BCUT2D eigenvalue weighted by Gasteiger charge is 2.21. The first-order valence-corrected chi connectivity index (χ1v) is 7.75. The van der Waals surface area contributed by atoms with Crippen LogP contribution in [-0.4, -0.2) is 14.5 Å². The van der Waals surface area contributed by atoms with Gasteiger partial charge in [0.15, 0.2) is 0 Å². The summed E-state index contributed by atoms with van der Waals surface area (Å²) >= 11 is 0. The Morgan fingerprint density at radius 3 is 2.42 bits per heavy atom. The molecule has 0 radical (unpaired) electrons. The van der Waals surface area contributed by atoms with E-state index >= 15 is 0 Å². The first kappa shape index (κ1) is 16.1. The van der Waals surface area contributed by atoms with Crippen LogP contribution in [0.3, 0.4) is 0 Å². The molecule has 0 aromatic heterocycles. The van der Waals surface area contributed by atoms with Gasteiger partial charge in [-0.25, -0.2) is 17.5 Å². The Kier molecular flexibility index (Phi) is 5.46. The molecule has 0 heterocycles. The third-order valence-corrected chi connectivity index (χ3v) is 4.33. The van der Waals surface area contributed by atoms with E-state index in [0.717, 1.165) is 6.07 Å². The molecule has 6 heteroatoms. The summed E-state index contributed by atoms with van der Waals surface area (Å²) in [5.74, 6) is -0.408. The van der Waals surface area contributed by atoms with Crippen molar-refractivity contribution in [3.63, 3.8) is 0 Å². The average molecular weight is 288 g/mol. The Morgan fingerprint density at radius 2 is 1.95 bits per heavy atom. The van der Waals surface area contributed by atoms with Gasteiger partial charge in [-0.3, -0.25) is 0 Å². The second-order valence-corrected chi connectivity index (χ2v) is 6.80. The highest BCUT2D eigenvalue weighted by atomic mass is 32.2. The molecule has 0 aliphatic carbocycles. The van der Waals surface area contributed by atoms with Crippen LogP contribution in [0.25, 0.3) is 0 Å². The van der Waals surface area contributed by atoms with Gasteiger partial charge in [0.25, 0.3) is 0 Å². The largest absolute Gasteiger partial charge is 0.326 e. The Hall–Kier alpha value is -0.980. The molecule has 0 amide bonds. The predicted molar refractivity (Wildman–Crippen MR) is 73.5 cm³/mol. The van der Waals surface area contributed by atoms with E-state index < -0.39 is 15.8 Å². The van der Waals surface area contributed by atoms with Gasteiger partial charge in [-0.1, -0.05) is 19.9 Å². The monoisotopic (exact) mass is 288 g/mol. The highest BCUT2D eigenvalue weighted by molar-refractivity contribution is 7.89. The highest BCUT2D eigenvalue weighted by Crippen LogP contribution is 2.17. The van der Waals surface area contributed by atoms with Crippen molar-refractivity contribution in [3.8, 4) is 0 Å². The van der Waals surface area contributed by atoms with Gasteiger partial charge < -0.3 is 5.73 Å². The molecule has 4 nitrogen and oxygen atoms in total. The van der Waals surface area contributed by atoms with E-state index in [-0.39, 0.29) is 17.5 Å². The summed E-state index contributed by atoms with van der Waals surface area (Å²) in [7, 11) is -3.83. The summed E-state index contributed by atoms with van der Waals surface area (Å²) in [6.45, 7) is 5.95. The van der Waals surface area contributed by atoms with Gasteiger partial charge in [0.2, 0.25) is 10.0 Å². The van der Waals surface area contributed by atoms with Crippen molar-refractivity contribution in [2.75, 3.05) is 0 Å². The van der Waals surface area contributed by atoms with Crippen molar-refractivity contribution in [3.05, 3.63) is 29.6 Å². The Labute approximate surface area is 114 Å². The molecule has 0 bridgehead atoms. The summed E-state index contributed by atoms with van der Waals surface area (Å²) in [6, 6.07) is 3.69. The molecule has 1 aromatic carbocycles. The summed E-state index contributed by atoms with van der Waals surface area (Å²) < 4.78 is 40.4. The zero-order valence-electron chi connectivity index (χ0n) is 11.5. The lowest BCUT2D eigenvalue weighted by Gasteiger charge is -2.16. The first-order chi connectivity index (χ1) is 8.76. The summed E-state index contributed by atoms with van der Waals surface area (Å²) in [6.07, 6.45) is 0.696. The first-order valence-electron chi connectivity index (χ1n) is 6.27. The maximum atomic E-state index is 13.8. The molecule has 1 unspecified atom stereocenters. The maximum absolute atomic E-state index is 13.8. The number of hydrogen-bond donors (Lipinski definition) is 2. The van der Waals surface area contributed by atoms with Crippen LogP contribution >= 0.6 is 0 Å². The lowest BCUT2D eigenvalue weighted by atomic mass is 10.1. The van der Waals surface area contributed by atoms with Crippen molar-refractivity contribution in [1.82, 2.24) is 4.72 Å². The average Bonchev–Trinajstić information content (AvgIpc) is 2.26. The molecule has 1 atom stereocenters. The van der Waals surface area contributed by atoms with Gasteiger partial charge in [-0.2, -0.15) is 0 Å². The number of sulfonamides is 1. The molecule has 0 aliphatic rings. The van der Waals surface area contributed by atoms with Crippen LogP contribution in [0.5, 0.6) is 0 Å². The van der Waals surface area contributed by atoms with Crippen LogP contribution in [0, 0.1) is 11.7 Å². The standard InChI is InChI=1S/C13H21FN2O2S/c1-9(2)6-10(3)16-19(17,18)13-5-4-11(8-15)7-12(13)14/h4-5,7,9-10,16H,6,8,15H2,1-3H3. The SMILES string of the molecule is CC(C)CC(C)NS(=O)(=O)c1ccc(CN)cc1F. The van der Waals surface area contributed by atoms with E-state index in [9.17, 15) is 12.8 Å². The van der Waals surface area contributed by atoms with Gasteiger partial charge in [0.1, 0.15) is 10.7 Å². The van der Waals surface area contributed by atoms with Gasteiger partial charge in [0.05, 0.1) is 0 Å². The molecule has 3 N–H and O–H groups in total. The fourth-order valence-electron chi connectivity index (χ4n) is 1.97. The fraction of sp³-hybridized carbons (Fsp3) is 0.538. The summed E-state index contributed by atoms with van der Waals surface area (Å²) in [4.78, 5) is -0.333. The number of halogens is 1. The molecule has 19 heavy (non-hydrogen) atoms. The zero-order chi connectivity index (χ0) is 14.6. The minimum atomic E-state index is -3.83. The number of rotatable bonds is 6. The second kappa shape index (κ2) is 6.45. The number of benzene rings is 1. The molecule has 1 aromatic rings. The van der Waals surface area contributed by atoms with E-state index in [2.05, 4.69) is 4.72 Å². The molecule has 0 saturated heterocycles. The Morgan fingerprint density at radius 1 is 1.32 bits per heavy atom. The van der Waals surface area contributed by atoms with Gasteiger partial charge >= 0.3 is 0 Å². The van der Waals surface area contributed by atoms with Crippen LogP contribution in [0.15, 0.2) is 23.1 Å². The topological polar surface area (TPSA) is 72.2 Å². The smallest absolute Gasteiger partial charge is 0.243 e. The summed E-state index contributed by atoms with van der Waals surface area (Å²) in [5.41, 5.74) is 5.94. The number of nitrogens with one attached hydrogen (secondary N) is 1. The minimum Gasteiger partial charge on any atom is -0.326 e. The van der Waals surface area contributed by atoms with Crippen LogP contribution in [-0.2, 0) is 16.6 Å². The van der Waals surface area contributed by atoms with Crippen LogP contribution in [0.2, 0.25) is 0 Å². The van der Waals surface area contributed by atoms with E-state index in [0.29, 0.717) is 17.9 Å². The fourth-order valence-corrected chi connectivity index (χ4v) is 3.29. The molecule has 108 valence electrons. The molecule has 0 fully saturated rings. The van der Waals surface area contributed by atoms with Crippen molar-refractivity contribution in [2.24, 2.45) is 11.7 Å².